The number of benzene rings is 2. The quantitative estimate of drug-likeness (QED) is 0.734. The van der Waals surface area contributed by atoms with E-state index < -0.39 is 11.8 Å². The molecule has 0 aliphatic rings. The third-order valence-electron chi connectivity index (χ3n) is 3.31. The second kappa shape index (κ2) is 6.26. The van der Waals surface area contributed by atoms with Crippen molar-refractivity contribution in [1.29, 1.82) is 0 Å². The lowest BCUT2D eigenvalue weighted by atomic mass is 10.0. The molecule has 0 fully saturated rings. The molecule has 2 aromatic carbocycles. The van der Waals surface area contributed by atoms with E-state index in [-0.39, 0.29) is 23.0 Å². The monoisotopic (exact) mass is 288 g/mol. The largest absolute Gasteiger partial charge is 0.478 e. The molecule has 0 bridgehead atoms. The highest BCUT2D eigenvalue weighted by molar-refractivity contribution is 5.94. The zero-order valence-corrected chi connectivity index (χ0v) is 11.6. The molecule has 0 saturated carbocycles. The summed E-state index contributed by atoms with van der Waals surface area (Å²) >= 11 is 0. The highest BCUT2D eigenvalue weighted by Crippen LogP contribution is 2.27. The number of hydrogen-bond donors (Lipinski definition) is 3. The number of nitrogens with one attached hydrogen (secondary N) is 1. The third kappa shape index (κ3) is 3.31. The number of carboxylic acid groups (broad SMARTS) is 1. The second-order valence-corrected chi connectivity index (χ2v) is 4.74. The molecule has 0 heterocycles. The Hall–Kier alpha value is -2.56. The second-order valence-electron chi connectivity index (χ2n) is 4.74. The van der Waals surface area contributed by atoms with Crippen molar-refractivity contribution >= 4 is 17.3 Å². The van der Waals surface area contributed by atoms with Gasteiger partial charge in [0.05, 0.1) is 17.3 Å². The van der Waals surface area contributed by atoms with Gasteiger partial charge in [-0.05, 0) is 24.1 Å². The summed E-state index contributed by atoms with van der Waals surface area (Å²) in [4.78, 5) is 11.1. The predicted molar refractivity (Wildman–Crippen MR) is 80.9 cm³/mol. The van der Waals surface area contributed by atoms with Crippen molar-refractivity contribution in [2.75, 3.05) is 11.1 Å². The molecule has 0 aliphatic carbocycles. The summed E-state index contributed by atoms with van der Waals surface area (Å²) < 4.78 is 14.0. The van der Waals surface area contributed by atoms with Crippen LogP contribution in [0.1, 0.15) is 35.3 Å². The summed E-state index contributed by atoms with van der Waals surface area (Å²) in [5.41, 5.74) is 6.47. The summed E-state index contributed by atoms with van der Waals surface area (Å²) in [6.07, 6.45) is 0.732. The normalized spacial score (nSPS) is 11.9. The Bertz CT molecular complexity index is 644. The third-order valence-corrected chi connectivity index (χ3v) is 3.31. The number of anilines is 2. The van der Waals surface area contributed by atoms with E-state index in [9.17, 15) is 9.18 Å². The summed E-state index contributed by atoms with van der Waals surface area (Å²) in [5, 5.41) is 12.1. The lowest BCUT2D eigenvalue weighted by molar-refractivity contribution is 0.0698. The van der Waals surface area contributed by atoms with Gasteiger partial charge in [0.15, 0.2) is 0 Å². The zero-order chi connectivity index (χ0) is 15.4. The van der Waals surface area contributed by atoms with Crippen LogP contribution in [0.15, 0.2) is 42.5 Å². The fourth-order valence-corrected chi connectivity index (χ4v) is 2.18. The minimum Gasteiger partial charge on any atom is -0.478 e. The fraction of sp³-hybridized carbons (Fsp3) is 0.188. The van der Waals surface area contributed by atoms with Gasteiger partial charge >= 0.3 is 5.97 Å². The average molecular weight is 288 g/mol. The van der Waals surface area contributed by atoms with Crippen molar-refractivity contribution < 1.29 is 14.3 Å². The van der Waals surface area contributed by atoms with E-state index in [1.807, 2.05) is 37.3 Å². The van der Waals surface area contributed by atoms with Crippen LogP contribution in [0.3, 0.4) is 0 Å². The van der Waals surface area contributed by atoms with E-state index >= 15 is 0 Å². The van der Waals surface area contributed by atoms with E-state index in [4.69, 9.17) is 10.8 Å². The molecule has 0 spiro atoms. The summed E-state index contributed by atoms with van der Waals surface area (Å²) in [7, 11) is 0. The highest BCUT2D eigenvalue weighted by Gasteiger charge is 2.16. The standard InChI is InChI=1S/C16H17FN2O2/c1-2-14(10-6-4-3-5-7-10)19-15-8-11(16(20)21)13(18)9-12(15)17/h3-9,14,19H,2,18H2,1H3,(H,20,21). The highest BCUT2D eigenvalue weighted by atomic mass is 19.1. The lowest BCUT2D eigenvalue weighted by Gasteiger charge is -2.20. The molecule has 4 N–H and O–H groups in total. The van der Waals surface area contributed by atoms with Crippen LogP contribution in [-0.4, -0.2) is 11.1 Å². The van der Waals surface area contributed by atoms with Crippen LogP contribution in [0, 0.1) is 5.82 Å². The van der Waals surface area contributed by atoms with Crippen LogP contribution < -0.4 is 11.1 Å². The summed E-state index contributed by atoms with van der Waals surface area (Å²) in [5.74, 6) is -1.74. The number of aromatic carboxylic acids is 1. The molecule has 0 radical (unpaired) electrons. The molecule has 4 nitrogen and oxygen atoms in total. The van der Waals surface area contributed by atoms with Gasteiger partial charge in [0, 0.05) is 5.69 Å². The van der Waals surface area contributed by atoms with Gasteiger partial charge in [-0.25, -0.2) is 9.18 Å². The van der Waals surface area contributed by atoms with E-state index in [0.29, 0.717) is 0 Å². The molecule has 21 heavy (non-hydrogen) atoms. The molecule has 2 aromatic rings. The lowest BCUT2D eigenvalue weighted by Crippen LogP contribution is -2.12. The SMILES string of the molecule is CCC(Nc1cc(C(=O)O)c(N)cc1F)c1ccccc1. The van der Waals surface area contributed by atoms with Crippen LogP contribution >= 0.6 is 0 Å². The van der Waals surface area contributed by atoms with Gasteiger partial charge in [-0.2, -0.15) is 0 Å². The van der Waals surface area contributed by atoms with Crippen LogP contribution in [0.4, 0.5) is 15.8 Å². The molecule has 0 saturated heterocycles. The Labute approximate surface area is 122 Å². The molecule has 1 atom stereocenters. The number of halogens is 1. The first-order valence-corrected chi connectivity index (χ1v) is 6.66. The van der Waals surface area contributed by atoms with Crippen molar-refractivity contribution in [2.45, 2.75) is 19.4 Å². The number of carbonyl (C=O) groups is 1. The van der Waals surface area contributed by atoms with E-state index in [1.54, 1.807) is 0 Å². The van der Waals surface area contributed by atoms with E-state index in [0.717, 1.165) is 18.1 Å². The molecule has 1 unspecified atom stereocenters. The van der Waals surface area contributed by atoms with Gasteiger partial charge in [-0.1, -0.05) is 37.3 Å². The van der Waals surface area contributed by atoms with Crippen LogP contribution in [0.25, 0.3) is 0 Å². The number of nitrogen functional groups attached to an aromatic ring is 1. The Morgan fingerprint density at radius 3 is 2.57 bits per heavy atom. The van der Waals surface area contributed by atoms with Crippen molar-refractivity contribution in [2.24, 2.45) is 0 Å². The summed E-state index contributed by atoms with van der Waals surface area (Å²) in [6.45, 7) is 1.97. The Balaban J connectivity index is 2.34. The van der Waals surface area contributed by atoms with Crippen LogP contribution in [0.5, 0.6) is 0 Å². The minimum atomic E-state index is -1.18. The molecule has 0 aromatic heterocycles. The Kier molecular flexibility index (Phi) is 4.42. The van der Waals surface area contributed by atoms with Gasteiger partial charge in [0.2, 0.25) is 0 Å². The molecule has 5 heteroatoms. The maximum Gasteiger partial charge on any atom is 0.337 e. The smallest absolute Gasteiger partial charge is 0.337 e. The van der Waals surface area contributed by atoms with Crippen LogP contribution in [0.2, 0.25) is 0 Å². The van der Waals surface area contributed by atoms with Gasteiger partial charge in [-0.3, -0.25) is 0 Å². The van der Waals surface area contributed by atoms with Gasteiger partial charge < -0.3 is 16.2 Å². The number of rotatable bonds is 5. The zero-order valence-electron chi connectivity index (χ0n) is 11.6. The molecular weight excluding hydrogens is 271 g/mol. The van der Waals surface area contributed by atoms with E-state index in [1.165, 1.54) is 6.07 Å². The van der Waals surface area contributed by atoms with Gasteiger partial charge in [-0.15, -0.1) is 0 Å². The molecule has 2 rings (SSSR count). The maximum absolute atomic E-state index is 14.0. The minimum absolute atomic E-state index is 0.0849. The first-order chi connectivity index (χ1) is 10.0. The first kappa shape index (κ1) is 14.8. The maximum atomic E-state index is 14.0. The van der Waals surface area contributed by atoms with Crippen molar-refractivity contribution in [1.82, 2.24) is 0 Å². The van der Waals surface area contributed by atoms with Crippen LogP contribution in [-0.2, 0) is 0 Å². The van der Waals surface area contributed by atoms with E-state index in [2.05, 4.69) is 5.32 Å². The fourth-order valence-electron chi connectivity index (χ4n) is 2.18. The van der Waals surface area contributed by atoms with Gasteiger partial charge in [0.1, 0.15) is 5.82 Å². The average Bonchev–Trinajstić information content (AvgIpc) is 2.47. The Morgan fingerprint density at radius 1 is 1.33 bits per heavy atom. The molecule has 110 valence electrons. The first-order valence-electron chi connectivity index (χ1n) is 6.66. The van der Waals surface area contributed by atoms with Crippen molar-refractivity contribution in [3.63, 3.8) is 0 Å². The predicted octanol–water partition coefficient (Wildman–Crippen LogP) is 3.67. The topological polar surface area (TPSA) is 75.3 Å². The number of hydrogen-bond acceptors (Lipinski definition) is 3. The van der Waals surface area contributed by atoms with Crippen molar-refractivity contribution in [3.8, 4) is 0 Å². The Morgan fingerprint density at radius 2 is 2.00 bits per heavy atom. The molecule has 0 aliphatic heterocycles. The molecule has 0 amide bonds. The molecular formula is C16H17FN2O2. The van der Waals surface area contributed by atoms with Crippen molar-refractivity contribution in [3.05, 3.63) is 59.4 Å². The number of carboxylic acids is 1. The van der Waals surface area contributed by atoms with Gasteiger partial charge in [0.25, 0.3) is 0 Å². The summed E-state index contributed by atoms with van der Waals surface area (Å²) in [6, 6.07) is 11.8. The number of nitrogens with two attached hydrogens (primary N) is 1.